The normalized spacial score (nSPS) is 10.7. The Kier molecular flexibility index (Phi) is 4.53. The van der Waals surface area contributed by atoms with Gasteiger partial charge in [0.2, 0.25) is 0 Å². The van der Waals surface area contributed by atoms with E-state index in [2.05, 4.69) is 15.3 Å². The van der Waals surface area contributed by atoms with Gasteiger partial charge < -0.3 is 14.5 Å². The Morgan fingerprint density at radius 2 is 1.96 bits per heavy atom. The molecular weight excluding hydrogens is 342 g/mol. The summed E-state index contributed by atoms with van der Waals surface area (Å²) in [6, 6.07) is 14.8. The maximum atomic E-state index is 12.5. The SMILES string of the molecule is COc1ccc(-c2cncc3ccc(C(=O)NCc4ccco4)nc23)cc1. The van der Waals surface area contributed by atoms with Crippen molar-refractivity contribution < 1.29 is 13.9 Å². The Hall–Kier alpha value is -3.67. The fourth-order valence-electron chi connectivity index (χ4n) is 2.82. The predicted molar refractivity (Wildman–Crippen MR) is 101 cm³/mol. The fourth-order valence-corrected chi connectivity index (χ4v) is 2.82. The summed E-state index contributed by atoms with van der Waals surface area (Å²) in [5, 5.41) is 3.68. The minimum atomic E-state index is -0.259. The van der Waals surface area contributed by atoms with E-state index in [1.807, 2.05) is 36.4 Å². The molecule has 0 aliphatic rings. The van der Waals surface area contributed by atoms with Crippen LogP contribution in [0.5, 0.6) is 5.75 Å². The molecule has 6 heteroatoms. The Balaban J connectivity index is 1.66. The van der Waals surface area contributed by atoms with E-state index in [0.717, 1.165) is 27.8 Å². The maximum absolute atomic E-state index is 12.5. The average Bonchev–Trinajstić information content (AvgIpc) is 3.25. The first-order valence-electron chi connectivity index (χ1n) is 8.44. The number of carbonyl (C=O) groups excluding carboxylic acids is 1. The number of pyridine rings is 2. The van der Waals surface area contributed by atoms with Crippen LogP contribution in [0, 0.1) is 0 Å². The van der Waals surface area contributed by atoms with Crippen molar-refractivity contribution in [2.45, 2.75) is 6.54 Å². The highest BCUT2D eigenvalue weighted by Crippen LogP contribution is 2.28. The molecular formula is C21H17N3O3. The van der Waals surface area contributed by atoms with Gasteiger partial charge in [0.15, 0.2) is 0 Å². The second kappa shape index (κ2) is 7.29. The van der Waals surface area contributed by atoms with E-state index in [1.54, 1.807) is 37.9 Å². The van der Waals surface area contributed by atoms with Gasteiger partial charge in [0.25, 0.3) is 5.91 Å². The monoisotopic (exact) mass is 359 g/mol. The number of carbonyl (C=O) groups is 1. The molecule has 27 heavy (non-hydrogen) atoms. The zero-order valence-electron chi connectivity index (χ0n) is 14.7. The molecule has 0 fully saturated rings. The summed E-state index contributed by atoms with van der Waals surface area (Å²) in [7, 11) is 1.63. The zero-order valence-corrected chi connectivity index (χ0v) is 14.7. The first-order valence-corrected chi connectivity index (χ1v) is 8.44. The van der Waals surface area contributed by atoms with E-state index < -0.39 is 0 Å². The summed E-state index contributed by atoms with van der Waals surface area (Å²) in [5.41, 5.74) is 2.88. The van der Waals surface area contributed by atoms with Gasteiger partial charge in [0.1, 0.15) is 17.2 Å². The van der Waals surface area contributed by atoms with Gasteiger partial charge in [-0.05, 0) is 42.0 Å². The summed E-state index contributed by atoms with van der Waals surface area (Å²) in [4.78, 5) is 21.3. The molecule has 6 nitrogen and oxygen atoms in total. The summed E-state index contributed by atoms with van der Waals surface area (Å²) in [5.74, 6) is 1.20. The second-order valence-corrected chi connectivity index (χ2v) is 5.95. The molecule has 4 rings (SSSR count). The number of benzene rings is 1. The number of hydrogen-bond acceptors (Lipinski definition) is 5. The van der Waals surface area contributed by atoms with Crippen LogP contribution in [0.15, 0.2) is 71.6 Å². The molecule has 134 valence electrons. The van der Waals surface area contributed by atoms with Crippen LogP contribution in [0.3, 0.4) is 0 Å². The third kappa shape index (κ3) is 3.50. The molecule has 0 atom stereocenters. The molecule has 1 N–H and O–H groups in total. The number of nitrogens with one attached hydrogen (secondary N) is 1. The van der Waals surface area contributed by atoms with Gasteiger partial charge in [-0.2, -0.15) is 0 Å². The quantitative estimate of drug-likeness (QED) is 0.586. The summed E-state index contributed by atoms with van der Waals surface area (Å²) >= 11 is 0. The van der Waals surface area contributed by atoms with Gasteiger partial charge in [-0.3, -0.25) is 9.78 Å². The van der Waals surface area contributed by atoms with Gasteiger partial charge in [0.05, 0.1) is 25.4 Å². The second-order valence-electron chi connectivity index (χ2n) is 5.95. The zero-order chi connectivity index (χ0) is 18.6. The number of rotatable bonds is 5. The lowest BCUT2D eigenvalue weighted by Crippen LogP contribution is -2.23. The number of ether oxygens (including phenoxy) is 1. The van der Waals surface area contributed by atoms with E-state index >= 15 is 0 Å². The third-order valence-electron chi connectivity index (χ3n) is 4.24. The van der Waals surface area contributed by atoms with Crippen LogP contribution in [0.25, 0.3) is 22.0 Å². The highest BCUT2D eigenvalue weighted by atomic mass is 16.5. The Morgan fingerprint density at radius 1 is 1.11 bits per heavy atom. The number of fused-ring (bicyclic) bond motifs is 1. The van der Waals surface area contributed by atoms with E-state index in [-0.39, 0.29) is 5.91 Å². The molecule has 0 saturated heterocycles. The van der Waals surface area contributed by atoms with Crippen LogP contribution >= 0.6 is 0 Å². The molecule has 4 aromatic rings. The van der Waals surface area contributed by atoms with Crippen molar-refractivity contribution in [3.05, 3.63) is 78.6 Å². The fraction of sp³-hybridized carbons (Fsp3) is 0.0952. The molecule has 0 aliphatic heterocycles. The molecule has 0 radical (unpaired) electrons. The number of methoxy groups -OCH3 is 1. The molecule has 3 heterocycles. The highest BCUT2D eigenvalue weighted by molar-refractivity contribution is 5.98. The van der Waals surface area contributed by atoms with Crippen molar-refractivity contribution in [2.24, 2.45) is 0 Å². The van der Waals surface area contributed by atoms with Crippen molar-refractivity contribution in [1.82, 2.24) is 15.3 Å². The first kappa shape index (κ1) is 16.8. The van der Waals surface area contributed by atoms with Crippen molar-refractivity contribution in [2.75, 3.05) is 7.11 Å². The molecule has 1 aromatic carbocycles. The van der Waals surface area contributed by atoms with Crippen molar-refractivity contribution >= 4 is 16.8 Å². The largest absolute Gasteiger partial charge is 0.497 e. The summed E-state index contributed by atoms with van der Waals surface area (Å²) in [6.45, 7) is 0.313. The van der Waals surface area contributed by atoms with Crippen LogP contribution in [-0.2, 0) is 6.54 Å². The van der Waals surface area contributed by atoms with Crippen LogP contribution in [0.2, 0.25) is 0 Å². The number of aromatic nitrogens is 2. The number of furan rings is 1. The van der Waals surface area contributed by atoms with Crippen molar-refractivity contribution in [3.8, 4) is 16.9 Å². The van der Waals surface area contributed by atoms with Gasteiger partial charge in [-0.1, -0.05) is 12.1 Å². The summed E-state index contributed by atoms with van der Waals surface area (Å²) < 4.78 is 10.4. The van der Waals surface area contributed by atoms with Crippen molar-refractivity contribution in [1.29, 1.82) is 0 Å². The van der Waals surface area contributed by atoms with Crippen LogP contribution in [-0.4, -0.2) is 23.0 Å². The van der Waals surface area contributed by atoms with E-state index in [0.29, 0.717) is 18.0 Å². The van der Waals surface area contributed by atoms with E-state index in [1.165, 1.54) is 0 Å². The number of nitrogens with zero attached hydrogens (tertiary/aromatic N) is 2. The topological polar surface area (TPSA) is 77.2 Å². The standard InChI is InChI=1S/C21H17N3O3/c1-26-16-7-4-14(5-8-16)18-13-22-11-15-6-9-19(24-20(15)18)21(25)23-12-17-3-2-10-27-17/h2-11,13H,12H2,1H3,(H,23,25). The minimum Gasteiger partial charge on any atom is -0.497 e. The number of hydrogen-bond donors (Lipinski definition) is 1. The van der Waals surface area contributed by atoms with Gasteiger partial charge in [-0.15, -0.1) is 0 Å². The third-order valence-corrected chi connectivity index (χ3v) is 4.24. The lowest BCUT2D eigenvalue weighted by atomic mass is 10.0. The lowest BCUT2D eigenvalue weighted by molar-refractivity contribution is 0.0943. The van der Waals surface area contributed by atoms with Crippen LogP contribution in [0.1, 0.15) is 16.2 Å². The molecule has 1 amide bonds. The van der Waals surface area contributed by atoms with E-state index in [9.17, 15) is 4.79 Å². The molecule has 0 saturated carbocycles. The Labute approximate surface area is 155 Å². The van der Waals surface area contributed by atoms with Crippen LogP contribution < -0.4 is 10.1 Å². The molecule has 0 unspecified atom stereocenters. The van der Waals surface area contributed by atoms with Gasteiger partial charge in [0, 0.05) is 23.3 Å². The molecule has 0 spiro atoms. The Morgan fingerprint density at radius 3 is 2.70 bits per heavy atom. The van der Waals surface area contributed by atoms with E-state index in [4.69, 9.17) is 9.15 Å². The Bertz CT molecular complexity index is 1070. The molecule has 0 bridgehead atoms. The lowest BCUT2D eigenvalue weighted by Gasteiger charge is -2.09. The maximum Gasteiger partial charge on any atom is 0.270 e. The average molecular weight is 359 g/mol. The van der Waals surface area contributed by atoms with Crippen molar-refractivity contribution in [3.63, 3.8) is 0 Å². The number of amides is 1. The molecule has 0 aliphatic carbocycles. The highest BCUT2D eigenvalue weighted by Gasteiger charge is 2.12. The predicted octanol–water partition coefficient (Wildman–Crippen LogP) is 3.83. The first-order chi connectivity index (χ1) is 13.2. The molecule has 3 aromatic heterocycles. The summed E-state index contributed by atoms with van der Waals surface area (Å²) in [6.07, 6.45) is 5.06. The van der Waals surface area contributed by atoms with Gasteiger partial charge >= 0.3 is 0 Å². The van der Waals surface area contributed by atoms with Gasteiger partial charge in [-0.25, -0.2) is 4.98 Å². The smallest absolute Gasteiger partial charge is 0.270 e. The minimum absolute atomic E-state index is 0.259. The van der Waals surface area contributed by atoms with Crippen LogP contribution in [0.4, 0.5) is 0 Å².